The van der Waals surface area contributed by atoms with Crippen LogP contribution < -0.4 is 15.9 Å². The summed E-state index contributed by atoms with van der Waals surface area (Å²) in [4.78, 5) is 11.6. The van der Waals surface area contributed by atoms with Crippen LogP contribution in [0.1, 0.15) is 19.2 Å². The van der Waals surface area contributed by atoms with E-state index in [1.54, 1.807) is 24.3 Å². The van der Waals surface area contributed by atoms with Gasteiger partial charge in [-0.2, -0.15) is 0 Å². The number of rotatable bonds is 8. The predicted octanol–water partition coefficient (Wildman–Crippen LogP) is 1.84. The smallest absolute Gasteiger partial charge is 0.230 e. The Morgan fingerprint density at radius 3 is 2.83 bits per heavy atom. The Balaban J connectivity index is 1.86. The van der Waals surface area contributed by atoms with E-state index in [2.05, 4.69) is 15.5 Å². The number of hydrogen-bond donors (Lipinski definition) is 2. The van der Waals surface area contributed by atoms with E-state index in [0.29, 0.717) is 28.3 Å². The number of aromatic nitrogens is 3. The van der Waals surface area contributed by atoms with Gasteiger partial charge in [-0.25, -0.2) is 4.68 Å². The number of amides is 1. The van der Waals surface area contributed by atoms with Crippen LogP contribution in [0.5, 0.6) is 5.75 Å². The summed E-state index contributed by atoms with van der Waals surface area (Å²) in [6.45, 7) is 2.83. The van der Waals surface area contributed by atoms with E-state index in [1.165, 1.54) is 16.4 Å². The summed E-state index contributed by atoms with van der Waals surface area (Å²) in [5.41, 5.74) is 0. The van der Waals surface area contributed by atoms with Gasteiger partial charge < -0.3 is 15.9 Å². The van der Waals surface area contributed by atoms with Crippen molar-refractivity contribution in [2.75, 3.05) is 18.1 Å². The molecule has 2 rings (SSSR count). The molecular formula is C14H18ClN5O2S. The standard InChI is InChI=1S/C14H18ClN5O2S/c1-2-7-17-13(21)9-23-14-19-18-12(20(14)16)8-22-11-5-3-10(15)4-6-11/h3-6H,2,7-9,16H2,1H3,(H,17,21). The van der Waals surface area contributed by atoms with Crippen LogP contribution in [0, 0.1) is 0 Å². The van der Waals surface area contributed by atoms with Crippen molar-refractivity contribution in [1.29, 1.82) is 0 Å². The Kier molecular flexibility index (Phi) is 6.54. The molecule has 1 aromatic carbocycles. The van der Waals surface area contributed by atoms with Gasteiger partial charge >= 0.3 is 0 Å². The van der Waals surface area contributed by atoms with Crippen LogP contribution in [0.3, 0.4) is 0 Å². The maximum absolute atomic E-state index is 11.6. The predicted molar refractivity (Wildman–Crippen MR) is 90.0 cm³/mol. The summed E-state index contributed by atoms with van der Waals surface area (Å²) < 4.78 is 6.90. The van der Waals surface area contributed by atoms with Gasteiger partial charge in [-0.3, -0.25) is 4.79 Å². The van der Waals surface area contributed by atoms with Crippen molar-refractivity contribution in [3.63, 3.8) is 0 Å². The van der Waals surface area contributed by atoms with Gasteiger partial charge in [-0.1, -0.05) is 30.3 Å². The lowest BCUT2D eigenvalue weighted by molar-refractivity contribution is -0.118. The number of carbonyl (C=O) groups is 1. The van der Waals surface area contributed by atoms with Crippen molar-refractivity contribution in [2.24, 2.45) is 0 Å². The Morgan fingerprint density at radius 1 is 1.39 bits per heavy atom. The maximum atomic E-state index is 11.6. The first kappa shape index (κ1) is 17.4. The van der Waals surface area contributed by atoms with Crippen LogP contribution in [-0.4, -0.2) is 33.1 Å². The summed E-state index contributed by atoms with van der Waals surface area (Å²) in [5.74, 6) is 7.23. The van der Waals surface area contributed by atoms with E-state index in [-0.39, 0.29) is 18.3 Å². The van der Waals surface area contributed by atoms with Crippen molar-refractivity contribution < 1.29 is 9.53 Å². The highest BCUT2D eigenvalue weighted by Gasteiger charge is 2.12. The van der Waals surface area contributed by atoms with E-state index in [1.807, 2.05) is 6.92 Å². The molecule has 1 amide bonds. The van der Waals surface area contributed by atoms with Crippen molar-refractivity contribution in [1.82, 2.24) is 20.2 Å². The number of halogens is 1. The minimum absolute atomic E-state index is 0.0567. The first-order valence-corrected chi connectivity index (χ1v) is 8.43. The molecule has 0 aliphatic rings. The molecule has 0 unspecified atom stereocenters. The molecule has 0 aliphatic heterocycles. The number of nitrogen functional groups attached to an aromatic ring is 1. The molecule has 0 saturated heterocycles. The third-order valence-corrected chi connectivity index (χ3v) is 4.02. The lowest BCUT2D eigenvalue weighted by Gasteiger charge is -2.06. The Hall–Kier alpha value is -1.93. The van der Waals surface area contributed by atoms with Crippen LogP contribution >= 0.6 is 23.4 Å². The topological polar surface area (TPSA) is 95.1 Å². The number of thioether (sulfide) groups is 1. The van der Waals surface area contributed by atoms with Gasteiger partial charge in [0.1, 0.15) is 12.4 Å². The molecule has 0 fully saturated rings. The zero-order chi connectivity index (χ0) is 16.7. The number of hydrogen-bond acceptors (Lipinski definition) is 6. The Labute approximate surface area is 143 Å². The zero-order valence-corrected chi connectivity index (χ0v) is 14.2. The maximum Gasteiger partial charge on any atom is 0.230 e. The van der Waals surface area contributed by atoms with Crippen LogP contribution in [0.15, 0.2) is 29.4 Å². The Morgan fingerprint density at radius 2 is 2.13 bits per heavy atom. The zero-order valence-electron chi connectivity index (χ0n) is 12.7. The molecule has 1 aromatic heterocycles. The molecule has 0 spiro atoms. The van der Waals surface area contributed by atoms with Gasteiger partial charge in [0, 0.05) is 11.6 Å². The van der Waals surface area contributed by atoms with Gasteiger partial charge in [0.15, 0.2) is 5.82 Å². The summed E-state index contributed by atoms with van der Waals surface area (Å²) >= 11 is 7.04. The molecule has 7 nitrogen and oxygen atoms in total. The highest BCUT2D eigenvalue weighted by atomic mass is 35.5. The molecule has 0 radical (unpaired) electrons. The normalized spacial score (nSPS) is 10.5. The van der Waals surface area contributed by atoms with Crippen molar-refractivity contribution in [3.8, 4) is 5.75 Å². The molecule has 2 aromatic rings. The number of nitrogens with one attached hydrogen (secondary N) is 1. The second kappa shape index (κ2) is 8.64. The first-order valence-electron chi connectivity index (χ1n) is 7.07. The molecular weight excluding hydrogens is 338 g/mol. The van der Waals surface area contributed by atoms with E-state index < -0.39 is 0 Å². The molecule has 124 valence electrons. The molecule has 0 aliphatic carbocycles. The average molecular weight is 356 g/mol. The van der Waals surface area contributed by atoms with Crippen molar-refractivity contribution >= 4 is 29.3 Å². The lowest BCUT2D eigenvalue weighted by Crippen LogP contribution is -2.26. The van der Waals surface area contributed by atoms with Gasteiger partial charge in [-0.05, 0) is 30.7 Å². The van der Waals surface area contributed by atoms with E-state index in [4.69, 9.17) is 22.2 Å². The van der Waals surface area contributed by atoms with Crippen LogP contribution in [0.4, 0.5) is 0 Å². The highest BCUT2D eigenvalue weighted by Crippen LogP contribution is 2.18. The largest absolute Gasteiger partial charge is 0.486 e. The molecule has 0 bridgehead atoms. The number of nitrogens with zero attached hydrogens (tertiary/aromatic N) is 3. The van der Waals surface area contributed by atoms with Crippen LogP contribution in [-0.2, 0) is 11.4 Å². The number of carbonyl (C=O) groups excluding carboxylic acids is 1. The van der Waals surface area contributed by atoms with E-state index in [0.717, 1.165) is 6.42 Å². The second-order valence-corrected chi connectivity index (χ2v) is 6.03. The van der Waals surface area contributed by atoms with Gasteiger partial charge in [0.2, 0.25) is 11.1 Å². The average Bonchev–Trinajstić information content (AvgIpc) is 2.90. The second-order valence-electron chi connectivity index (χ2n) is 4.65. The summed E-state index contributed by atoms with van der Waals surface area (Å²) in [6.07, 6.45) is 0.898. The van der Waals surface area contributed by atoms with E-state index >= 15 is 0 Å². The monoisotopic (exact) mass is 355 g/mol. The summed E-state index contributed by atoms with van der Waals surface area (Å²) in [5, 5.41) is 11.8. The SMILES string of the molecule is CCCNC(=O)CSc1nnc(COc2ccc(Cl)cc2)n1N. The highest BCUT2D eigenvalue weighted by molar-refractivity contribution is 7.99. The summed E-state index contributed by atoms with van der Waals surface area (Å²) in [7, 11) is 0. The minimum Gasteiger partial charge on any atom is -0.486 e. The number of benzene rings is 1. The molecule has 0 saturated carbocycles. The fourth-order valence-electron chi connectivity index (χ4n) is 1.63. The van der Waals surface area contributed by atoms with E-state index in [9.17, 15) is 4.79 Å². The van der Waals surface area contributed by atoms with Crippen LogP contribution in [0.25, 0.3) is 0 Å². The third kappa shape index (κ3) is 5.33. The summed E-state index contributed by atoms with van der Waals surface area (Å²) in [6, 6.07) is 6.99. The van der Waals surface area contributed by atoms with Gasteiger partial charge in [0.25, 0.3) is 0 Å². The quantitative estimate of drug-likeness (QED) is 0.554. The molecule has 9 heteroatoms. The molecule has 23 heavy (non-hydrogen) atoms. The minimum atomic E-state index is -0.0567. The number of ether oxygens (including phenoxy) is 1. The Bertz CT molecular complexity index is 647. The molecule has 1 heterocycles. The molecule has 3 N–H and O–H groups in total. The molecule has 0 atom stereocenters. The number of nitrogens with two attached hydrogens (primary N) is 1. The lowest BCUT2D eigenvalue weighted by atomic mass is 10.3. The fraction of sp³-hybridized carbons (Fsp3) is 0.357. The van der Waals surface area contributed by atoms with Crippen LogP contribution in [0.2, 0.25) is 5.02 Å². The van der Waals surface area contributed by atoms with Gasteiger partial charge in [-0.15, -0.1) is 10.2 Å². The van der Waals surface area contributed by atoms with Gasteiger partial charge in [0.05, 0.1) is 5.75 Å². The van der Waals surface area contributed by atoms with Crippen molar-refractivity contribution in [3.05, 3.63) is 35.1 Å². The third-order valence-electron chi connectivity index (χ3n) is 2.82. The van der Waals surface area contributed by atoms with Crippen molar-refractivity contribution in [2.45, 2.75) is 25.1 Å². The first-order chi connectivity index (χ1) is 11.1. The fourth-order valence-corrected chi connectivity index (χ4v) is 2.46.